The lowest BCUT2D eigenvalue weighted by Gasteiger charge is -2.38. The SMILES string of the molecule is CN=C(NCC(C)N1CCCCC1C)NCC1(C(=O)N(C)C)CCCC1. The minimum Gasteiger partial charge on any atom is -0.355 e. The Morgan fingerprint density at radius 2 is 1.92 bits per heavy atom. The first kappa shape index (κ1) is 21.0. The third-order valence-corrected chi connectivity index (χ3v) is 6.22. The zero-order valence-electron chi connectivity index (χ0n) is 17.5. The van der Waals surface area contributed by atoms with Crippen molar-refractivity contribution in [3.8, 4) is 0 Å². The van der Waals surface area contributed by atoms with Crippen LogP contribution in [0.25, 0.3) is 0 Å². The molecule has 0 aromatic heterocycles. The monoisotopic (exact) mass is 365 g/mol. The highest BCUT2D eigenvalue weighted by molar-refractivity contribution is 5.85. The van der Waals surface area contributed by atoms with Crippen molar-refractivity contribution in [2.24, 2.45) is 10.4 Å². The summed E-state index contributed by atoms with van der Waals surface area (Å²) in [5, 5.41) is 6.90. The number of likely N-dealkylation sites (tertiary alicyclic amines) is 1. The summed E-state index contributed by atoms with van der Waals surface area (Å²) in [7, 11) is 5.52. The average Bonchev–Trinajstić information content (AvgIpc) is 3.11. The summed E-state index contributed by atoms with van der Waals surface area (Å²) in [6, 6.07) is 1.14. The summed E-state index contributed by atoms with van der Waals surface area (Å²) in [5.74, 6) is 1.05. The zero-order valence-corrected chi connectivity index (χ0v) is 17.5. The molecule has 6 nitrogen and oxygen atoms in total. The Balaban J connectivity index is 1.86. The lowest BCUT2D eigenvalue weighted by atomic mass is 9.84. The second kappa shape index (κ2) is 9.58. The van der Waals surface area contributed by atoms with Gasteiger partial charge in [0, 0.05) is 46.3 Å². The fourth-order valence-corrected chi connectivity index (χ4v) is 4.60. The van der Waals surface area contributed by atoms with Crippen molar-refractivity contribution < 1.29 is 4.79 Å². The molecule has 1 saturated carbocycles. The van der Waals surface area contributed by atoms with Gasteiger partial charge in [0.05, 0.1) is 5.41 Å². The van der Waals surface area contributed by atoms with E-state index in [4.69, 9.17) is 0 Å². The first-order valence-electron chi connectivity index (χ1n) is 10.3. The Bertz CT molecular complexity index is 485. The van der Waals surface area contributed by atoms with Gasteiger partial charge in [0.2, 0.25) is 5.91 Å². The first-order valence-corrected chi connectivity index (χ1v) is 10.3. The molecule has 0 radical (unpaired) electrons. The van der Waals surface area contributed by atoms with Crippen LogP contribution in [0, 0.1) is 5.41 Å². The van der Waals surface area contributed by atoms with Crippen LogP contribution in [0.3, 0.4) is 0 Å². The van der Waals surface area contributed by atoms with E-state index >= 15 is 0 Å². The summed E-state index contributed by atoms with van der Waals surface area (Å²) in [4.78, 5) is 21.4. The fourth-order valence-electron chi connectivity index (χ4n) is 4.60. The Hall–Kier alpha value is -1.30. The maximum Gasteiger partial charge on any atom is 0.230 e. The molecular formula is C20H39N5O. The zero-order chi connectivity index (χ0) is 19.2. The van der Waals surface area contributed by atoms with Gasteiger partial charge < -0.3 is 15.5 Å². The highest BCUT2D eigenvalue weighted by Crippen LogP contribution is 2.38. The van der Waals surface area contributed by atoms with Crippen molar-refractivity contribution in [1.29, 1.82) is 0 Å². The van der Waals surface area contributed by atoms with Gasteiger partial charge in [-0.15, -0.1) is 0 Å². The van der Waals surface area contributed by atoms with Crippen LogP contribution in [-0.2, 0) is 4.79 Å². The largest absolute Gasteiger partial charge is 0.355 e. The Morgan fingerprint density at radius 3 is 2.50 bits per heavy atom. The number of carbonyl (C=O) groups is 1. The van der Waals surface area contributed by atoms with Crippen molar-refractivity contribution in [3.63, 3.8) is 0 Å². The van der Waals surface area contributed by atoms with Crippen LogP contribution in [0.5, 0.6) is 0 Å². The third-order valence-electron chi connectivity index (χ3n) is 6.22. The Kier molecular flexibility index (Phi) is 7.74. The third kappa shape index (κ3) is 5.12. The molecule has 2 aliphatic rings. The molecule has 2 unspecified atom stereocenters. The molecule has 0 aromatic carbocycles. The van der Waals surface area contributed by atoms with Gasteiger partial charge in [-0.2, -0.15) is 0 Å². The number of hydrogen-bond donors (Lipinski definition) is 2. The number of nitrogens with zero attached hydrogens (tertiary/aromatic N) is 3. The lowest BCUT2D eigenvalue weighted by molar-refractivity contribution is -0.138. The number of amides is 1. The Labute approximate surface area is 159 Å². The molecule has 2 fully saturated rings. The van der Waals surface area contributed by atoms with Crippen LogP contribution in [0.1, 0.15) is 58.8 Å². The van der Waals surface area contributed by atoms with Crippen LogP contribution in [0.15, 0.2) is 4.99 Å². The summed E-state index contributed by atoms with van der Waals surface area (Å²) in [6.45, 7) is 7.35. The highest BCUT2D eigenvalue weighted by Gasteiger charge is 2.42. The van der Waals surface area contributed by atoms with E-state index in [1.807, 2.05) is 14.1 Å². The van der Waals surface area contributed by atoms with E-state index in [2.05, 4.69) is 34.4 Å². The van der Waals surface area contributed by atoms with Gasteiger partial charge >= 0.3 is 0 Å². The molecule has 0 aromatic rings. The van der Waals surface area contributed by atoms with Gasteiger partial charge in [0.15, 0.2) is 5.96 Å². The molecule has 1 aliphatic heterocycles. The molecule has 1 amide bonds. The van der Waals surface area contributed by atoms with Gasteiger partial charge in [-0.3, -0.25) is 14.7 Å². The molecule has 6 heteroatoms. The van der Waals surface area contributed by atoms with E-state index in [0.29, 0.717) is 18.6 Å². The molecule has 1 aliphatic carbocycles. The number of nitrogens with one attached hydrogen (secondary N) is 2. The second-order valence-corrected chi connectivity index (χ2v) is 8.43. The molecular weight excluding hydrogens is 326 g/mol. The second-order valence-electron chi connectivity index (χ2n) is 8.43. The first-order chi connectivity index (χ1) is 12.4. The van der Waals surface area contributed by atoms with E-state index in [1.165, 1.54) is 25.8 Å². The van der Waals surface area contributed by atoms with Gasteiger partial charge in [-0.25, -0.2) is 0 Å². The summed E-state index contributed by atoms with van der Waals surface area (Å²) < 4.78 is 0. The van der Waals surface area contributed by atoms with E-state index in [-0.39, 0.29) is 11.3 Å². The molecule has 2 N–H and O–H groups in total. The van der Waals surface area contributed by atoms with Crippen LogP contribution >= 0.6 is 0 Å². The average molecular weight is 366 g/mol. The molecule has 0 bridgehead atoms. The van der Waals surface area contributed by atoms with Gasteiger partial charge in [0.25, 0.3) is 0 Å². The minimum atomic E-state index is -0.270. The number of carbonyl (C=O) groups excluding carboxylic acids is 1. The molecule has 2 rings (SSSR count). The Morgan fingerprint density at radius 1 is 1.23 bits per heavy atom. The van der Waals surface area contributed by atoms with Crippen molar-refractivity contribution in [3.05, 3.63) is 0 Å². The topological polar surface area (TPSA) is 60.0 Å². The quantitative estimate of drug-likeness (QED) is 0.559. The van der Waals surface area contributed by atoms with Crippen LogP contribution in [-0.4, -0.2) is 74.5 Å². The molecule has 2 atom stereocenters. The minimum absolute atomic E-state index is 0.244. The lowest BCUT2D eigenvalue weighted by Crippen LogP contribution is -2.52. The molecule has 1 saturated heterocycles. The molecule has 26 heavy (non-hydrogen) atoms. The smallest absolute Gasteiger partial charge is 0.230 e. The van der Waals surface area contributed by atoms with Crippen LogP contribution < -0.4 is 10.6 Å². The number of aliphatic imine (C=N–C) groups is 1. The number of piperidine rings is 1. The van der Waals surface area contributed by atoms with E-state index in [1.54, 1.807) is 11.9 Å². The highest BCUT2D eigenvalue weighted by atomic mass is 16.2. The summed E-state index contributed by atoms with van der Waals surface area (Å²) in [5.41, 5.74) is -0.270. The van der Waals surface area contributed by atoms with Crippen molar-refractivity contribution in [1.82, 2.24) is 20.4 Å². The van der Waals surface area contributed by atoms with Crippen molar-refractivity contribution >= 4 is 11.9 Å². The van der Waals surface area contributed by atoms with Gasteiger partial charge in [-0.05, 0) is 46.1 Å². The van der Waals surface area contributed by atoms with E-state index in [9.17, 15) is 4.79 Å². The predicted octanol–water partition coefficient (Wildman–Crippen LogP) is 2.06. The standard InChI is InChI=1S/C20H39N5O/c1-16-10-6-9-13-25(16)17(2)14-22-19(21-3)23-15-20(11-7-8-12-20)18(26)24(4)5/h16-17H,6-15H2,1-5H3,(H2,21,22,23). The normalized spacial score (nSPS) is 25.0. The molecule has 1 heterocycles. The van der Waals surface area contributed by atoms with Crippen LogP contribution in [0.2, 0.25) is 0 Å². The maximum atomic E-state index is 12.7. The predicted molar refractivity (Wildman–Crippen MR) is 108 cm³/mol. The van der Waals surface area contributed by atoms with Gasteiger partial charge in [0.1, 0.15) is 0 Å². The van der Waals surface area contributed by atoms with Crippen LogP contribution in [0.4, 0.5) is 0 Å². The summed E-state index contributed by atoms with van der Waals surface area (Å²) in [6.07, 6.45) is 8.16. The fraction of sp³-hybridized carbons (Fsp3) is 0.900. The van der Waals surface area contributed by atoms with Crippen molar-refractivity contribution in [2.75, 3.05) is 40.8 Å². The number of rotatable bonds is 6. The number of hydrogen-bond acceptors (Lipinski definition) is 3. The van der Waals surface area contributed by atoms with Gasteiger partial charge in [-0.1, -0.05) is 19.3 Å². The summed E-state index contributed by atoms with van der Waals surface area (Å²) >= 11 is 0. The maximum absolute atomic E-state index is 12.7. The molecule has 150 valence electrons. The van der Waals surface area contributed by atoms with E-state index in [0.717, 1.165) is 38.2 Å². The van der Waals surface area contributed by atoms with Crippen molar-refractivity contribution in [2.45, 2.75) is 70.9 Å². The number of guanidine groups is 1. The van der Waals surface area contributed by atoms with E-state index < -0.39 is 0 Å². The molecule has 0 spiro atoms.